The third-order valence-corrected chi connectivity index (χ3v) is 2.56. The van der Waals surface area contributed by atoms with Crippen LogP contribution in [0.3, 0.4) is 0 Å². The fourth-order valence-corrected chi connectivity index (χ4v) is 1.64. The number of methoxy groups -OCH3 is 2. The smallest absolute Gasteiger partial charge is 0.497 e. The third kappa shape index (κ3) is 4.08. The number of hydrogen-bond acceptors (Lipinski definition) is 5. The monoisotopic (exact) mass is 310 g/mol. The molecule has 7 heteroatoms. The van der Waals surface area contributed by atoms with Crippen molar-refractivity contribution in [2.24, 2.45) is 0 Å². The standard InChI is InChI=1S/C15H12F2O5/c1-19-11-3-9(16)5-13(7-11)21-15(18)22-14-6-10(17)4-12(8-14)20-2/h3-8H,1-2H3. The Bertz CT molecular complexity index is 630. The molecule has 0 saturated heterocycles. The summed E-state index contributed by atoms with van der Waals surface area (Å²) in [4.78, 5) is 11.6. The second-order valence-electron chi connectivity index (χ2n) is 4.11. The summed E-state index contributed by atoms with van der Waals surface area (Å²) in [7, 11) is 2.69. The molecule has 0 radical (unpaired) electrons. The molecule has 0 fully saturated rings. The Morgan fingerprint density at radius 1 is 0.727 bits per heavy atom. The van der Waals surface area contributed by atoms with Gasteiger partial charge < -0.3 is 18.9 Å². The van der Waals surface area contributed by atoms with Gasteiger partial charge in [0.15, 0.2) is 0 Å². The van der Waals surface area contributed by atoms with Crippen molar-refractivity contribution in [3.05, 3.63) is 48.0 Å². The quantitative estimate of drug-likeness (QED) is 0.638. The third-order valence-electron chi connectivity index (χ3n) is 2.56. The summed E-state index contributed by atoms with van der Waals surface area (Å²) in [6.07, 6.45) is -1.15. The van der Waals surface area contributed by atoms with Crippen LogP contribution < -0.4 is 18.9 Å². The SMILES string of the molecule is COc1cc(F)cc(OC(=O)Oc2cc(F)cc(OC)c2)c1. The van der Waals surface area contributed by atoms with Crippen molar-refractivity contribution in [2.45, 2.75) is 0 Å². The second-order valence-corrected chi connectivity index (χ2v) is 4.11. The van der Waals surface area contributed by atoms with E-state index in [4.69, 9.17) is 18.9 Å². The Hall–Kier alpha value is -2.83. The van der Waals surface area contributed by atoms with Gasteiger partial charge in [-0.25, -0.2) is 13.6 Å². The van der Waals surface area contributed by atoms with Gasteiger partial charge in [0.1, 0.15) is 34.6 Å². The first-order valence-electron chi connectivity index (χ1n) is 6.09. The Balaban J connectivity index is 2.10. The molecule has 2 rings (SSSR count). The molecule has 5 nitrogen and oxygen atoms in total. The van der Waals surface area contributed by atoms with E-state index >= 15 is 0 Å². The minimum atomic E-state index is -1.15. The molecule has 116 valence electrons. The zero-order valence-electron chi connectivity index (χ0n) is 11.8. The molecular formula is C15H12F2O5. The van der Waals surface area contributed by atoms with E-state index in [1.807, 2.05) is 0 Å². The van der Waals surface area contributed by atoms with Gasteiger partial charge >= 0.3 is 6.16 Å². The maximum absolute atomic E-state index is 13.3. The topological polar surface area (TPSA) is 54.0 Å². The first kappa shape index (κ1) is 15.6. The van der Waals surface area contributed by atoms with Crippen LogP contribution in [0.2, 0.25) is 0 Å². The summed E-state index contributed by atoms with van der Waals surface area (Å²) in [5, 5.41) is 0. The van der Waals surface area contributed by atoms with Gasteiger partial charge in [0, 0.05) is 36.4 Å². The normalized spacial score (nSPS) is 10.0. The molecule has 2 aromatic rings. The van der Waals surface area contributed by atoms with Gasteiger partial charge in [0.05, 0.1) is 14.2 Å². The highest BCUT2D eigenvalue weighted by molar-refractivity contribution is 5.67. The molecule has 2 aromatic carbocycles. The van der Waals surface area contributed by atoms with Crippen LogP contribution in [-0.2, 0) is 0 Å². The summed E-state index contributed by atoms with van der Waals surface area (Å²) >= 11 is 0. The van der Waals surface area contributed by atoms with E-state index < -0.39 is 17.8 Å². The van der Waals surface area contributed by atoms with E-state index in [2.05, 4.69) is 0 Å². The average Bonchev–Trinajstić information content (AvgIpc) is 2.45. The molecule has 0 aliphatic rings. The van der Waals surface area contributed by atoms with Crippen LogP contribution in [0.15, 0.2) is 36.4 Å². The molecule has 0 aromatic heterocycles. The number of benzene rings is 2. The Labute approximate surface area is 125 Å². The fraction of sp³-hybridized carbons (Fsp3) is 0.133. The van der Waals surface area contributed by atoms with Crippen molar-refractivity contribution >= 4 is 6.16 Å². The van der Waals surface area contributed by atoms with Crippen LogP contribution in [-0.4, -0.2) is 20.4 Å². The number of carbonyl (C=O) groups is 1. The zero-order valence-corrected chi connectivity index (χ0v) is 11.8. The molecule has 0 heterocycles. The van der Waals surface area contributed by atoms with Crippen LogP contribution in [0.4, 0.5) is 13.6 Å². The van der Waals surface area contributed by atoms with Gasteiger partial charge in [-0.15, -0.1) is 0 Å². The van der Waals surface area contributed by atoms with Gasteiger partial charge in [0.25, 0.3) is 0 Å². The Kier molecular flexibility index (Phi) is 4.77. The summed E-state index contributed by atoms with van der Waals surface area (Å²) in [6.45, 7) is 0. The molecule has 0 N–H and O–H groups in total. The van der Waals surface area contributed by atoms with Crippen LogP contribution in [0, 0.1) is 11.6 Å². The molecular weight excluding hydrogens is 298 g/mol. The van der Waals surface area contributed by atoms with Crippen molar-refractivity contribution < 1.29 is 32.5 Å². The molecule has 0 unspecified atom stereocenters. The highest BCUT2D eigenvalue weighted by atomic mass is 19.1. The Morgan fingerprint density at radius 3 is 1.45 bits per heavy atom. The minimum absolute atomic E-state index is 0.106. The summed E-state index contributed by atoms with van der Waals surface area (Å²) in [6, 6.07) is 6.81. The summed E-state index contributed by atoms with van der Waals surface area (Å²) in [5.41, 5.74) is 0. The number of hydrogen-bond donors (Lipinski definition) is 0. The van der Waals surface area contributed by atoms with Gasteiger partial charge in [0.2, 0.25) is 0 Å². The van der Waals surface area contributed by atoms with Gasteiger partial charge in [-0.1, -0.05) is 0 Å². The summed E-state index contributed by atoms with van der Waals surface area (Å²) in [5.74, 6) is -1.15. The number of carbonyl (C=O) groups excluding carboxylic acids is 1. The van der Waals surface area contributed by atoms with Crippen LogP contribution in [0.5, 0.6) is 23.0 Å². The number of halogens is 2. The van der Waals surface area contributed by atoms with Crippen molar-refractivity contribution in [3.8, 4) is 23.0 Å². The van der Waals surface area contributed by atoms with Crippen molar-refractivity contribution in [3.63, 3.8) is 0 Å². The average molecular weight is 310 g/mol. The predicted octanol–water partition coefficient (Wildman–Crippen LogP) is 3.56. The Morgan fingerprint density at radius 2 is 1.09 bits per heavy atom. The van der Waals surface area contributed by atoms with E-state index in [1.165, 1.54) is 26.4 Å². The summed E-state index contributed by atoms with van der Waals surface area (Å²) < 4.78 is 45.8. The molecule has 0 spiro atoms. The number of ether oxygens (including phenoxy) is 4. The molecule has 0 saturated carbocycles. The van der Waals surface area contributed by atoms with Gasteiger partial charge in [-0.2, -0.15) is 0 Å². The first-order chi connectivity index (χ1) is 10.5. The second kappa shape index (κ2) is 6.75. The lowest BCUT2D eigenvalue weighted by atomic mass is 10.3. The molecule has 0 bridgehead atoms. The predicted molar refractivity (Wildman–Crippen MR) is 72.6 cm³/mol. The lowest BCUT2D eigenvalue weighted by Crippen LogP contribution is -2.14. The van der Waals surface area contributed by atoms with E-state index in [-0.39, 0.29) is 23.0 Å². The maximum atomic E-state index is 13.3. The van der Waals surface area contributed by atoms with E-state index in [9.17, 15) is 13.6 Å². The van der Waals surface area contributed by atoms with Gasteiger partial charge in [-0.05, 0) is 0 Å². The van der Waals surface area contributed by atoms with E-state index in [0.29, 0.717) is 0 Å². The molecule has 0 aliphatic heterocycles. The van der Waals surface area contributed by atoms with Crippen molar-refractivity contribution in [1.29, 1.82) is 0 Å². The molecule has 0 aliphatic carbocycles. The fourth-order valence-electron chi connectivity index (χ4n) is 1.64. The largest absolute Gasteiger partial charge is 0.519 e. The lowest BCUT2D eigenvalue weighted by molar-refractivity contribution is 0.151. The van der Waals surface area contributed by atoms with Crippen molar-refractivity contribution in [1.82, 2.24) is 0 Å². The maximum Gasteiger partial charge on any atom is 0.519 e. The van der Waals surface area contributed by atoms with Gasteiger partial charge in [-0.3, -0.25) is 0 Å². The highest BCUT2D eigenvalue weighted by Gasteiger charge is 2.12. The van der Waals surface area contributed by atoms with E-state index in [1.54, 1.807) is 0 Å². The van der Waals surface area contributed by atoms with Crippen LogP contribution in [0.25, 0.3) is 0 Å². The van der Waals surface area contributed by atoms with Crippen LogP contribution >= 0.6 is 0 Å². The minimum Gasteiger partial charge on any atom is -0.497 e. The molecule has 0 atom stereocenters. The number of rotatable bonds is 4. The first-order valence-corrected chi connectivity index (χ1v) is 6.09. The zero-order chi connectivity index (χ0) is 16.1. The lowest BCUT2D eigenvalue weighted by Gasteiger charge is -2.08. The molecule has 22 heavy (non-hydrogen) atoms. The van der Waals surface area contributed by atoms with Crippen LogP contribution in [0.1, 0.15) is 0 Å². The highest BCUT2D eigenvalue weighted by Crippen LogP contribution is 2.24. The van der Waals surface area contributed by atoms with Crippen molar-refractivity contribution in [2.75, 3.05) is 14.2 Å². The van der Waals surface area contributed by atoms with E-state index in [0.717, 1.165) is 24.3 Å². The molecule has 0 amide bonds.